The van der Waals surface area contributed by atoms with Crippen LogP contribution in [0.25, 0.3) is 11.5 Å². The summed E-state index contributed by atoms with van der Waals surface area (Å²) in [4.78, 5) is 33.1. The van der Waals surface area contributed by atoms with Gasteiger partial charge in [0.15, 0.2) is 16.6 Å². The number of anilines is 3. The summed E-state index contributed by atoms with van der Waals surface area (Å²) in [5.41, 5.74) is 0.165. The number of hydrogen-bond acceptors (Lipinski definition) is 8. The van der Waals surface area contributed by atoms with E-state index in [1.54, 1.807) is 23.8 Å². The van der Waals surface area contributed by atoms with Gasteiger partial charge < -0.3 is 20.7 Å². The molecule has 5 aromatic heterocycles. The number of pyridine rings is 1. The molecule has 41 heavy (non-hydrogen) atoms. The summed E-state index contributed by atoms with van der Waals surface area (Å²) in [6.07, 6.45) is -0.612. The third-order valence-corrected chi connectivity index (χ3v) is 6.62. The molecule has 5 aromatic rings. The van der Waals surface area contributed by atoms with Gasteiger partial charge in [-0.15, -0.1) is 0 Å². The SMILES string of the molecule is CO[C@@H](C)c1c(NC(=O)Nc2cnc(-n3cc(NC(=O)c4ccsc4)cn3)c(C(F)(F)F)c2)cnc2cc(Cl)nn12. The van der Waals surface area contributed by atoms with Crippen LogP contribution in [0.4, 0.5) is 35.0 Å². The number of amides is 3. The van der Waals surface area contributed by atoms with E-state index in [1.165, 1.54) is 47.6 Å². The van der Waals surface area contributed by atoms with Gasteiger partial charge in [-0.3, -0.25) is 4.79 Å². The maximum Gasteiger partial charge on any atom is 0.420 e. The molecule has 3 N–H and O–H groups in total. The van der Waals surface area contributed by atoms with Crippen molar-refractivity contribution in [1.82, 2.24) is 29.4 Å². The fraction of sp³-hybridized carbons (Fsp3) is 0.167. The van der Waals surface area contributed by atoms with Crippen molar-refractivity contribution >= 4 is 57.6 Å². The maximum atomic E-state index is 14.0. The number of rotatable bonds is 7. The van der Waals surface area contributed by atoms with Gasteiger partial charge in [0.05, 0.1) is 59.2 Å². The van der Waals surface area contributed by atoms with E-state index in [9.17, 15) is 22.8 Å². The van der Waals surface area contributed by atoms with Crippen LogP contribution in [-0.2, 0) is 10.9 Å². The number of hydrogen-bond donors (Lipinski definition) is 3. The molecule has 0 aliphatic heterocycles. The lowest BCUT2D eigenvalue weighted by molar-refractivity contribution is -0.137. The molecule has 3 amide bonds. The Kier molecular flexibility index (Phi) is 7.61. The van der Waals surface area contributed by atoms with Crippen molar-refractivity contribution in [1.29, 1.82) is 0 Å². The molecule has 1 atom stereocenters. The van der Waals surface area contributed by atoms with Crippen molar-refractivity contribution in [2.75, 3.05) is 23.1 Å². The zero-order chi connectivity index (χ0) is 29.3. The van der Waals surface area contributed by atoms with Gasteiger partial charge in [0.2, 0.25) is 0 Å². The molecule has 0 saturated heterocycles. The minimum absolute atomic E-state index is 0.169. The Morgan fingerprint density at radius 2 is 1.90 bits per heavy atom. The third-order valence-electron chi connectivity index (χ3n) is 5.75. The Labute approximate surface area is 238 Å². The van der Waals surface area contributed by atoms with Gasteiger partial charge in [-0.2, -0.15) is 34.7 Å². The van der Waals surface area contributed by atoms with E-state index in [0.717, 1.165) is 16.9 Å². The molecule has 212 valence electrons. The van der Waals surface area contributed by atoms with Crippen LogP contribution in [0.5, 0.6) is 0 Å². The summed E-state index contributed by atoms with van der Waals surface area (Å²) in [5.74, 6) is -0.991. The highest BCUT2D eigenvalue weighted by molar-refractivity contribution is 7.08. The van der Waals surface area contributed by atoms with Crippen LogP contribution in [0.2, 0.25) is 5.15 Å². The Bertz CT molecular complexity index is 1740. The molecule has 0 aromatic carbocycles. The number of nitrogens with one attached hydrogen (secondary N) is 3. The zero-order valence-electron chi connectivity index (χ0n) is 21.1. The average Bonchev–Trinajstić information content (AvgIpc) is 3.68. The molecule has 0 fully saturated rings. The second-order valence-electron chi connectivity index (χ2n) is 8.48. The first-order chi connectivity index (χ1) is 19.5. The van der Waals surface area contributed by atoms with Gasteiger partial charge >= 0.3 is 12.2 Å². The monoisotopic (exact) mass is 605 g/mol. The fourth-order valence-electron chi connectivity index (χ4n) is 3.82. The number of nitrogens with zero attached hydrogens (tertiary/aromatic N) is 6. The number of thiophene rings is 1. The first-order valence-corrected chi connectivity index (χ1v) is 13.0. The molecular weight excluding hydrogens is 587 g/mol. The molecule has 0 unspecified atom stereocenters. The van der Waals surface area contributed by atoms with Crippen LogP contribution >= 0.6 is 22.9 Å². The highest BCUT2D eigenvalue weighted by Gasteiger charge is 2.36. The van der Waals surface area contributed by atoms with Crippen molar-refractivity contribution in [2.45, 2.75) is 19.2 Å². The van der Waals surface area contributed by atoms with Gasteiger partial charge in [0.1, 0.15) is 5.56 Å². The first kappa shape index (κ1) is 28.0. The van der Waals surface area contributed by atoms with Gasteiger partial charge in [-0.25, -0.2) is 24.0 Å². The minimum atomic E-state index is -4.85. The fourth-order valence-corrected chi connectivity index (χ4v) is 4.63. The summed E-state index contributed by atoms with van der Waals surface area (Å²) < 4.78 is 49.7. The lowest BCUT2D eigenvalue weighted by atomic mass is 10.2. The minimum Gasteiger partial charge on any atom is -0.375 e. The van der Waals surface area contributed by atoms with Crippen LogP contribution in [-0.4, -0.2) is 48.4 Å². The number of urea groups is 1. The quantitative estimate of drug-likeness (QED) is 0.218. The lowest BCUT2D eigenvalue weighted by Crippen LogP contribution is -2.23. The highest BCUT2D eigenvalue weighted by Crippen LogP contribution is 2.35. The lowest BCUT2D eigenvalue weighted by Gasteiger charge is -2.17. The Morgan fingerprint density at radius 1 is 1.10 bits per heavy atom. The van der Waals surface area contributed by atoms with Gasteiger partial charge in [0.25, 0.3) is 5.91 Å². The molecular formula is C24H19ClF3N9O3S. The Morgan fingerprint density at radius 3 is 2.61 bits per heavy atom. The molecule has 17 heteroatoms. The predicted molar refractivity (Wildman–Crippen MR) is 145 cm³/mol. The van der Waals surface area contributed by atoms with E-state index >= 15 is 0 Å². The number of ether oxygens (including phenoxy) is 1. The number of carbonyl (C=O) groups is 2. The standard InChI is InChI=1S/C24H19ClF3N9O3S/c1-12(40-2)20-17(9-29-19-6-18(25)35-37(19)20)34-23(39)33-14-5-16(24(26,27)28)21(30-7-14)36-10-15(8-31-36)32-22(38)13-3-4-41-11-13/h3-12H,1-2H3,(H,32,38)(H2,33,34,39)/t12-/m0/s1. The summed E-state index contributed by atoms with van der Waals surface area (Å²) in [7, 11) is 1.46. The summed E-state index contributed by atoms with van der Waals surface area (Å²) in [5, 5.41) is 19.0. The average molecular weight is 606 g/mol. The number of carbonyl (C=O) groups excluding carboxylic acids is 2. The zero-order valence-corrected chi connectivity index (χ0v) is 22.7. The molecule has 0 radical (unpaired) electrons. The molecule has 0 aliphatic carbocycles. The van der Waals surface area contributed by atoms with E-state index in [1.807, 2.05) is 0 Å². The third kappa shape index (κ3) is 5.98. The van der Waals surface area contributed by atoms with E-state index < -0.39 is 35.6 Å². The van der Waals surface area contributed by atoms with Crippen molar-refractivity contribution < 1.29 is 27.5 Å². The van der Waals surface area contributed by atoms with Crippen molar-refractivity contribution in [3.8, 4) is 5.82 Å². The second-order valence-corrected chi connectivity index (χ2v) is 9.65. The van der Waals surface area contributed by atoms with E-state index in [-0.39, 0.29) is 22.2 Å². The summed E-state index contributed by atoms with van der Waals surface area (Å²) in [6.45, 7) is 1.71. The normalized spacial score (nSPS) is 12.3. The molecule has 12 nitrogen and oxygen atoms in total. The van der Waals surface area contributed by atoms with E-state index in [0.29, 0.717) is 16.9 Å². The van der Waals surface area contributed by atoms with Crippen molar-refractivity contribution in [3.63, 3.8) is 0 Å². The number of fused-ring (bicyclic) bond motifs is 1. The van der Waals surface area contributed by atoms with Crippen LogP contribution in [0.1, 0.15) is 34.6 Å². The van der Waals surface area contributed by atoms with Crippen LogP contribution in [0.3, 0.4) is 0 Å². The van der Waals surface area contributed by atoms with Crippen molar-refractivity contribution in [3.05, 3.63) is 75.7 Å². The largest absolute Gasteiger partial charge is 0.420 e. The van der Waals surface area contributed by atoms with Crippen LogP contribution < -0.4 is 16.0 Å². The molecule has 5 rings (SSSR count). The van der Waals surface area contributed by atoms with Gasteiger partial charge in [-0.1, -0.05) is 11.6 Å². The Balaban J connectivity index is 1.38. The smallest absolute Gasteiger partial charge is 0.375 e. The van der Waals surface area contributed by atoms with Gasteiger partial charge in [0, 0.05) is 18.6 Å². The number of halogens is 4. The maximum absolute atomic E-state index is 14.0. The number of alkyl halides is 3. The summed E-state index contributed by atoms with van der Waals surface area (Å²) >= 11 is 7.31. The van der Waals surface area contributed by atoms with Gasteiger partial charge in [-0.05, 0) is 24.4 Å². The predicted octanol–water partition coefficient (Wildman–Crippen LogP) is 5.65. The first-order valence-electron chi connectivity index (χ1n) is 11.6. The topological polar surface area (TPSA) is 140 Å². The Hall–Kier alpha value is -4.54. The van der Waals surface area contributed by atoms with Crippen LogP contribution in [0.15, 0.2) is 53.7 Å². The molecule has 0 saturated carbocycles. The van der Waals surface area contributed by atoms with E-state index in [2.05, 4.69) is 36.1 Å². The van der Waals surface area contributed by atoms with E-state index in [4.69, 9.17) is 16.3 Å². The number of aromatic nitrogens is 6. The van der Waals surface area contributed by atoms with Crippen molar-refractivity contribution in [2.24, 2.45) is 0 Å². The molecule has 0 bridgehead atoms. The molecule has 0 spiro atoms. The number of methoxy groups -OCH3 is 1. The van der Waals surface area contributed by atoms with Crippen LogP contribution in [0, 0.1) is 0 Å². The summed E-state index contributed by atoms with van der Waals surface area (Å²) in [6, 6.07) is 2.98. The highest BCUT2D eigenvalue weighted by atomic mass is 35.5. The molecule has 0 aliphatic rings. The second kappa shape index (κ2) is 11.1. The molecule has 5 heterocycles.